The molecular weight excluding hydrogens is 409 g/mol. The van der Waals surface area contributed by atoms with Crippen molar-refractivity contribution in [2.75, 3.05) is 6.54 Å². The third-order valence-corrected chi connectivity index (χ3v) is 4.50. The Bertz CT molecular complexity index is 851. The molecule has 0 aromatic heterocycles. The molecule has 2 aromatic rings. The number of aliphatic hydroxyl groups excluding tert-OH is 1. The van der Waals surface area contributed by atoms with Crippen molar-refractivity contribution in [2.45, 2.75) is 57.7 Å². The second kappa shape index (κ2) is 10.2. The van der Waals surface area contributed by atoms with E-state index in [-0.39, 0.29) is 18.7 Å². The summed E-state index contributed by atoms with van der Waals surface area (Å²) in [6, 6.07) is 13.4. The van der Waals surface area contributed by atoms with Crippen molar-refractivity contribution >= 4 is 6.09 Å². The zero-order chi connectivity index (χ0) is 23.2. The molecule has 0 radical (unpaired) electrons. The number of benzene rings is 2. The Labute approximate surface area is 180 Å². The van der Waals surface area contributed by atoms with Crippen molar-refractivity contribution in [2.24, 2.45) is 5.73 Å². The summed E-state index contributed by atoms with van der Waals surface area (Å²) in [4.78, 5) is 13.9. The molecule has 1 amide bonds. The van der Waals surface area contributed by atoms with Gasteiger partial charge in [0.1, 0.15) is 5.60 Å². The van der Waals surface area contributed by atoms with Crippen molar-refractivity contribution in [3.05, 3.63) is 71.3 Å². The number of carbonyl (C=O) groups excluding carboxylic acids is 1. The van der Waals surface area contributed by atoms with Crippen molar-refractivity contribution in [3.63, 3.8) is 0 Å². The van der Waals surface area contributed by atoms with Gasteiger partial charge >= 0.3 is 12.3 Å². The molecule has 0 heterocycles. The van der Waals surface area contributed by atoms with Crippen LogP contribution in [0.25, 0.3) is 0 Å². The Morgan fingerprint density at radius 2 is 1.68 bits per heavy atom. The number of carbonyl (C=O) groups is 1. The van der Waals surface area contributed by atoms with Gasteiger partial charge in [0, 0.05) is 12.6 Å². The SMILES string of the molecule is CC(C)(C)OC(=O)N(Cc1cccc(C(F)(F)F)c1)C[C@@H](O)[C@@H](N)Cc1ccccc1. The average Bonchev–Trinajstić information content (AvgIpc) is 2.66. The first-order valence-electron chi connectivity index (χ1n) is 9.97. The largest absolute Gasteiger partial charge is 0.444 e. The third-order valence-electron chi connectivity index (χ3n) is 4.50. The van der Waals surface area contributed by atoms with Crippen LogP contribution in [0.15, 0.2) is 54.6 Å². The zero-order valence-electron chi connectivity index (χ0n) is 17.9. The van der Waals surface area contributed by atoms with Crippen LogP contribution in [-0.4, -0.2) is 40.4 Å². The molecule has 0 saturated carbocycles. The minimum Gasteiger partial charge on any atom is -0.444 e. The second-order valence-electron chi connectivity index (χ2n) is 8.48. The molecule has 0 aliphatic rings. The lowest BCUT2D eigenvalue weighted by molar-refractivity contribution is -0.137. The van der Waals surface area contributed by atoms with Crippen molar-refractivity contribution in [3.8, 4) is 0 Å². The van der Waals surface area contributed by atoms with Crippen LogP contribution in [0.4, 0.5) is 18.0 Å². The molecule has 0 unspecified atom stereocenters. The summed E-state index contributed by atoms with van der Waals surface area (Å²) in [5, 5.41) is 10.6. The second-order valence-corrected chi connectivity index (χ2v) is 8.48. The number of hydrogen-bond donors (Lipinski definition) is 2. The molecular formula is C23H29F3N2O3. The fourth-order valence-electron chi connectivity index (χ4n) is 2.98. The molecule has 0 bridgehead atoms. The Balaban J connectivity index is 2.17. The minimum absolute atomic E-state index is 0.159. The lowest BCUT2D eigenvalue weighted by atomic mass is 10.0. The molecule has 0 fully saturated rings. The lowest BCUT2D eigenvalue weighted by Crippen LogP contribution is -2.47. The maximum absolute atomic E-state index is 13.0. The molecule has 0 saturated heterocycles. The van der Waals surface area contributed by atoms with E-state index in [1.807, 2.05) is 30.3 Å². The van der Waals surface area contributed by atoms with Gasteiger partial charge in [-0.3, -0.25) is 0 Å². The smallest absolute Gasteiger partial charge is 0.416 e. The maximum atomic E-state index is 13.0. The Morgan fingerprint density at radius 1 is 1.06 bits per heavy atom. The summed E-state index contributed by atoms with van der Waals surface area (Å²) in [7, 11) is 0. The van der Waals surface area contributed by atoms with E-state index in [0.29, 0.717) is 6.42 Å². The predicted octanol–water partition coefficient (Wildman–Crippen LogP) is 4.37. The molecule has 5 nitrogen and oxygen atoms in total. The molecule has 2 aromatic carbocycles. The van der Waals surface area contributed by atoms with Gasteiger partial charge in [0.2, 0.25) is 0 Å². The first kappa shape index (κ1) is 24.7. The molecule has 2 rings (SSSR count). The highest BCUT2D eigenvalue weighted by molar-refractivity contribution is 5.68. The van der Waals surface area contributed by atoms with Crippen LogP contribution >= 0.6 is 0 Å². The number of nitrogens with zero attached hydrogens (tertiary/aromatic N) is 1. The van der Waals surface area contributed by atoms with Gasteiger partial charge in [0.05, 0.1) is 18.2 Å². The van der Waals surface area contributed by atoms with Crippen LogP contribution in [0.2, 0.25) is 0 Å². The van der Waals surface area contributed by atoms with E-state index in [1.54, 1.807) is 20.8 Å². The summed E-state index contributed by atoms with van der Waals surface area (Å²) >= 11 is 0. The molecule has 31 heavy (non-hydrogen) atoms. The number of alkyl halides is 3. The van der Waals surface area contributed by atoms with E-state index in [2.05, 4.69) is 0 Å². The topological polar surface area (TPSA) is 75.8 Å². The Kier molecular flexibility index (Phi) is 8.08. The monoisotopic (exact) mass is 438 g/mol. The highest BCUT2D eigenvalue weighted by Crippen LogP contribution is 2.30. The standard InChI is InChI=1S/C23H29F3N2O3/c1-22(2,3)31-21(30)28(14-17-10-7-11-18(12-17)23(24,25)26)15-20(29)19(27)13-16-8-5-4-6-9-16/h4-12,19-20,29H,13-15,27H2,1-3H3/t19-,20+/m0/s1. The van der Waals surface area contributed by atoms with Crippen molar-refractivity contribution < 1.29 is 27.8 Å². The summed E-state index contributed by atoms with van der Waals surface area (Å²) in [5.41, 5.74) is 5.70. The van der Waals surface area contributed by atoms with Crippen LogP contribution in [-0.2, 0) is 23.9 Å². The molecule has 3 N–H and O–H groups in total. The number of aliphatic hydroxyl groups is 1. The van der Waals surface area contributed by atoms with Crippen LogP contribution in [0.5, 0.6) is 0 Å². The van der Waals surface area contributed by atoms with Gasteiger partial charge in [-0.25, -0.2) is 4.79 Å². The predicted molar refractivity (Wildman–Crippen MR) is 112 cm³/mol. The van der Waals surface area contributed by atoms with E-state index in [0.717, 1.165) is 17.7 Å². The maximum Gasteiger partial charge on any atom is 0.416 e. The highest BCUT2D eigenvalue weighted by atomic mass is 19.4. The van der Waals surface area contributed by atoms with E-state index < -0.39 is 35.6 Å². The summed E-state index contributed by atoms with van der Waals surface area (Å²) < 4.78 is 44.5. The quantitative estimate of drug-likeness (QED) is 0.673. The normalized spacial score (nSPS) is 14.1. The van der Waals surface area contributed by atoms with E-state index in [1.165, 1.54) is 17.0 Å². The molecule has 8 heteroatoms. The van der Waals surface area contributed by atoms with Crippen LogP contribution < -0.4 is 5.73 Å². The van der Waals surface area contributed by atoms with Gasteiger partial charge in [-0.2, -0.15) is 13.2 Å². The molecule has 0 aliphatic heterocycles. The van der Waals surface area contributed by atoms with Crippen molar-refractivity contribution in [1.82, 2.24) is 4.90 Å². The molecule has 0 aliphatic carbocycles. The first-order chi connectivity index (χ1) is 14.3. The fraction of sp³-hybridized carbons (Fsp3) is 0.435. The van der Waals surface area contributed by atoms with Gasteiger partial charge in [-0.15, -0.1) is 0 Å². The average molecular weight is 438 g/mol. The number of ether oxygens (including phenoxy) is 1. The van der Waals surface area contributed by atoms with E-state index >= 15 is 0 Å². The number of nitrogens with two attached hydrogens (primary N) is 1. The van der Waals surface area contributed by atoms with Gasteiger partial charge < -0.3 is 20.5 Å². The summed E-state index contributed by atoms with van der Waals surface area (Å²) in [6.07, 6.45) is -5.95. The minimum atomic E-state index is -4.50. The Hall–Kier alpha value is -2.58. The van der Waals surface area contributed by atoms with E-state index in [4.69, 9.17) is 10.5 Å². The fourth-order valence-corrected chi connectivity index (χ4v) is 2.98. The number of hydrogen-bond acceptors (Lipinski definition) is 4. The molecule has 2 atom stereocenters. The first-order valence-corrected chi connectivity index (χ1v) is 9.97. The third kappa shape index (κ3) is 8.22. The Morgan fingerprint density at radius 3 is 2.26 bits per heavy atom. The number of rotatable bonds is 7. The van der Waals surface area contributed by atoms with E-state index in [9.17, 15) is 23.1 Å². The number of halogens is 3. The van der Waals surface area contributed by atoms with Crippen molar-refractivity contribution in [1.29, 1.82) is 0 Å². The van der Waals surface area contributed by atoms with Crippen LogP contribution in [0.3, 0.4) is 0 Å². The van der Waals surface area contributed by atoms with Gasteiger partial charge in [-0.1, -0.05) is 42.5 Å². The summed E-state index contributed by atoms with van der Waals surface area (Å²) in [6.45, 7) is 4.72. The zero-order valence-corrected chi connectivity index (χ0v) is 17.9. The summed E-state index contributed by atoms with van der Waals surface area (Å²) in [5.74, 6) is 0. The van der Waals surface area contributed by atoms with Gasteiger partial charge in [0.25, 0.3) is 0 Å². The molecule has 170 valence electrons. The lowest BCUT2D eigenvalue weighted by Gasteiger charge is -2.30. The van der Waals surface area contributed by atoms with Crippen LogP contribution in [0, 0.1) is 0 Å². The van der Waals surface area contributed by atoms with Crippen LogP contribution in [0.1, 0.15) is 37.5 Å². The molecule has 0 spiro atoms. The number of amides is 1. The van der Waals surface area contributed by atoms with Gasteiger partial charge in [-0.05, 0) is 50.5 Å². The highest BCUT2D eigenvalue weighted by Gasteiger charge is 2.31. The van der Waals surface area contributed by atoms with Gasteiger partial charge in [0.15, 0.2) is 0 Å².